The van der Waals surface area contributed by atoms with Crippen LogP contribution in [0.5, 0.6) is 0 Å². The van der Waals surface area contributed by atoms with Gasteiger partial charge in [-0.2, -0.15) is 0 Å². The highest BCUT2D eigenvalue weighted by Gasteiger charge is 2.36. The molecule has 1 rings (SSSR count). The predicted octanol–water partition coefficient (Wildman–Crippen LogP) is 2.11. The maximum atomic E-state index is 5.88. The highest BCUT2D eigenvalue weighted by molar-refractivity contribution is 4.91. The Balaban J connectivity index is 2.23. The number of rotatable bonds is 6. The lowest BCUT2D eigenvalue weighted by Gasteiger charge is -2.41. The minimum Gasteiger partial charge on any atom is -0.371 e. The van der Waals surface area contributed by atoms with Gasteiger partial charge in [0.15, 0.2) is 0 Å². The van der Waals surface area contributed by atoms with Gasteiger partial charge < -0.3 is 10.1 Å². The van der Waals surface area contributed by atoms with Gasteiger partial charge in [-0.1, -0.05) is 12.2 Å². The first-order chi connectivity index (χ1) is 6.33. The normalized spacial score (nSPS) is 20.5. The van der Waals surface area contributed by atoms with E-state index in [1.165, 1.54) is 19.3 Å². The van der Waals surface area contributed by atoms with Crippen LogP contribution in [0.3, 0.4) is 0 Å². The highest BCUT2D eigenvalue weighted by Crippen LogP contribution is 2.38. The molecule has 0 atom stereocenters. The average molecular weight is 183 g/mol. The number of hydrogen-bond acceptors (Lipinski definition) is 2. The minimum absolute atomic E-state index is 0.211. The van der Waals surface area contributed by atoms with Gasteiger partial charge in [-0.05, 0) is 46.2 Å². The van der Waals surface area contributed by atoms with E-state index in [4.69, 9.17) is 4.74 Å². The Kier molecular flexibility index (Phi) is 4.46. The SMILES string of the molecule is C/C=C/COC1(CCNC)CCC1. The maximum Gasteiger partial charge on any atom is 0.0699 e. The monoisotopic (exact) mass is 183 g/mol. The molecule has 0 aromatic carbocycles. The average Bonchev–Trinajstić information content (AvgIpc) is 2.08. The van der Waals surface area contributed by atoms with Crippen LogP contribution in [0, 0.1) is 0 Å². The van der Waals surface area contributed by atoms with Gasteiger partial charge >= 0.3 is 0 Å². The molecule has 76 valence electrons. The second kappa shape index (κ2) is 5.40. The van der Waals surface area contributed by atoms with Crippen LogP contribution in [-0.2, 0) is 4.74 Å². The molecule has 1 saturated carbocycles. The molecule has 13 heavy (non-hydrogen) atoms. The van der Waals surface area contributed by atoms with Crippen molar-refractivity contribution in [2.75, 3.05) is 20.2 Å². The highest BCUT2D eigenvalue weighted by atomic mass is 16.5. The van der Waals surface area contributed by atoms with Crippen molar-refractivity contribution >= 4 is 0 Å². The fraction of sp³-hybridized carbons (Fsp3) is 0.818. The molecule has 0 aromatic rings. The van der Waals surface area contributed by atoms with Crippen molar-refractivity contribution in [2.45, 2.75) is 38.2 Å². The van der Waals surface area contributed by atoms with Gasteiger partial charge in [-0.3, -0.25) is 0 Å². The van der Waals surface area contributed by atoms with Crippen LogP contribution in [0.4, 0.5) is 0 Å². The van der Waals surface area contributed by atoms with Crippen molar-refractivity contribution in [2.24, 2.45) is 0 Å². The van der Waals surface area contributed by atoms with Crippen LogP contribution < -0.4 is 5.32 Å². The first kappa shape index (κ1) is 10.7. The topological polar surface area (TPSA) is 21.3 Å². The van der Waals surface area contributed by atoms with Crippen LogP contribution in [0.15, 0.2) is 12.2 Å². The number of nitrogens with one attached hydrogen (secondary N) is 1. The molecular formula is C11H21NO. The van der Waals surface area contributed by atoms with Gasteiger partial charge in [-0.15, -0.1) is 0 Å². The molecule has 1 N–H and O–H groups in total. The fourth-order valence-electron chi connectivity index (χ4n) is 1.71. The molecule has 1 aliphatic rings. The van der Waals surface area contributed by atoms with E-state index >= 15 is 0 Å². The zero-order valence-electron chi connectivity index (χ0n) is 8.81. The van der Waals surface area contributed by atoms with E-state index in [1.54, 1.807) is 0 Å². The van der Waals surface area contributed by atoms with E-state index in [0.29, 0.717) is 0 Å². The summed E-state index contributed by atoms with van der Waals surface area (Å²) in [5.41, 5.74) is 0.211. The molecule has 1 aliphatic carbocycles. The quantitative estimate of drug-likeness (QED) is 0.637. The summed E-state index contributed by atoms with van der Waals surface area (Å²) in [6.45, 7) is 3.88. The third kappa shape index (κ3) is 3.12. The lowest BCUT2D eigenvalue weighted by atomic mass is 9.77. The van der Waals surface area contributed by atoms with Crippen LogP contribution in [0.2, 0.25) is 0 Å². The summed E-state index contributed by atoms with van der Waals surface area (Å²) in [5, 5.41) is 3.18. The summed E-state index contributed by atoms with van der Waals surface area (Å²) >= 11 is 0. The zero-order valence-corrected chi connectivity index (χ0v) is 8.81. The van der Waals surface area contributed by atoms with Crippen molar-refractivity contribution in [3.05, 3.63) is 12.2 Å². The molecule has 1 fully saturated rings. The Morgan fingerprint density at radius 2 is 2.23 bits per heavy atom. The minimum atomic E-state index is 0.211. The third-order valence-corrected chi connectivity index (χ3v) is 2.82. The molecule has 0 bridgehead atoms. The second-order valence-corrected chi connectivity index (χ2v) is 3.77. The molecule has 2 nitrogen and oxygen atoms in total. The number of ether oxygens (including phenoxy) is 1. The van der Waals surface area contributed by atoms with E-state index in [0.717, 1.165) is 19.6 Å². The Morgan fingerprint density at radius 1 is 1.46 bits per heavy atom. The summed E-state index contributed by atoms with van der Waals surface area (Å²) in [6, 6.07) is 0. The standard InChI is InChI=1S/C11H21NO/c1-3-4-10-13-11(6-5-7-11)8-9-12-2/h3-4,12H,5-10H2,1-2H3/b4-3+. The summed E-state index contributed by atoms with van der Waals surface area (Å²) in [4.78, 5) is 0. The first-order valence-electron chi connectivity index (χ1n) is 5.23. The molecule has 0 heterocycles. The van der Waals surface area contributed by atoms with Gasteiger partial charge in [0.05, 0.1) is 12.2 Å². The van der Waals surface area contributed by atoms with Gasteiger partial charge in [-0.25, -0.2) is 0 Å². The predicted molar refractivity (Wildman–Crippen MR) is 55.9 cm³/mol. The van der Waals surface area contributed by atoms with Gasteiger partial charge in [0.25, 0.3) is 0 Å². The molecule has 0 amide bonds. The summed E-state index contributed by atoms with van der Waals surface area (Å²) < 4.78 is 5.88. The maximum absolute atomic E-state index is 5.88. The third-order valence-electron chi connectivity index (χ3n) is 2.82. The Bertz CT molecular complexity index is 161. The smallest absolute Gasteiger partial charge is 0.0699 e. The van der Waals surface area contributed by atoms with Gasteiger partial charge in [0.1, 0.15) is 0 Å². The van der Waals surface area contributed by atoms with Crippen LogP contribution in [-0.4, -0.2) is 25.8 Å². The number of hydrogen-bond donors (Lipinski definition) is 1. The fourth-order valence-corrected chi connectivity index (χ4v) is 1.71. The van der Waals surface area contributed by atoms with Gasteiger partial charge in [0, 0.05) is 0 Å². The van der Waals surface area contributed by atoms with E-state index in [9.17, 15) is 0 Å². The summed E-state index contributed by atoms with van der Waals surface area (Å²) in [6.07, 6.45) is 9.10. The Hall–Kier alpha value is -0.340. The van der Waals surface area contributed by atoms with Crippen molar-refractivity contribution in [1.82, 2.24) is 5.32 Å². The van der Waals surface area contributed by atoms with E-state index < -0.39 is 0 Å². The Labute approximate surface area is 81.4 Å². The molecule has 0 aliphatic heterocycles. The largest absolute Gasteiger partial charge is 0.371 e. The van der Waals surface area contributed by atoms with Crippen molar-refractivity contribution < 1.29 is 4.74 Å². The second-order valence-electron chi connectivity index (χ2n) is 3.77. The lowest BCUT2D eigenvalue weighted by molar-refractivity contribution is -0.0928. The van der Waals surface area contributed by atoms with E-state index in [1.807, 2.05) is 20.0 Å². The van der Waals surface area contributed by atoms with Gasteiger partial charge in [0.2, 0.25) is 0 Å². The van der Waals surface area contributed by atoms with Crippen molar-refractivity contribution in [3.63, 3.8) is 0 Å². The molecule has 0 unspecified atom stereocenters. The zero-order chi connectivity index (χ0) is 9.57. The molecular weight excluding hydrogens is 162 g/mol. The molecule has 0 aromatic heterocycles. The van der Waals surface area contributed by atoms with Crippen LogP contribution in [0.1, 0.15) is 32.6 Å². The molecule has 2 heteroatoms. The molecule has 0 saturated heterocycles. The summed E-state index contributed by atoms with van der Waals surface area (Å²) in [5.74, 6) is 0. The lowest BCUT2D eigenvalue weighted by Crippen LogP contribution is -2.42. The number of allylic oxidation sites excluding steroid dienone is 1. The first-order valence-corrected chi connectivity index (χ1v) is 5.23. The molecule has 0 spiro atoms. The summed E-state index contributed by atoms with van der Waals surface area (Å²) in [7, 11) is 2.00. The van der Waals surface area contributed by atoms with Crippen molar-refractivity contribution in [1.29, 1.82) is 0 Å². The van der Waals surface area contributed by atoms with Crippen molar-refractivity contribution in [3.8, 4) is 0 Å². The Morgan fingerprint density at radius 3 is 2.69 bits per heavy atom. The van der Waals surface area contributed by atoms with Crippen LogP contribution >= 0.6 is 0 Å². The molecule has 0 radical (unpaired) electrons. The van der Waals surface area contributed by atoms with Crippen LogP contribution in [0.25, 0.3) is 0 Å². The van der Waals surface area contributed by atoms with E-state index in [2.05, 4.69) is 11.4 Å². The van der Waals surface area contributed by atoms with E-state index in [-0.39, 0.29) is 5.60 Å².